The van der Waals surface area contributed by atoms with Gasteiger partial charge >= 0.3 is 0 Å². The van der Waals surface area contributed by atoms with Gasteiger partial charge in [0.15, 0.2) is 5.78 Å². The number of halogens is 1. The van der Waals surface area contributed by atoms with Crippen molar-refractivity contribution in [2.45, 2.75) is 6.92 Å². The molecule has 0 unspecified atom stereocenters. The van der Waals surface area contributed by atoms with Crippen molar-refractivity contribution in [1.82, 2.24) is 10.2 Å². The first-order valence-electron chi connectivity index (χ1n) is 7.02. The molecule has 3 rings (SSSR count). The lowest BCUT2D eigenvalue weighted by Gasteiger charge is -2.12. The van der Waals surface area contributed by atoms with Gasteiger partial charge in [0.05, 0.1) is 5.69 Å². The molecule has 0 fully saturated rings. The minimum atomic E-state index is -0.339. The molecule has 0 saturated heterocycles. The number of hydrogen-bond acceptors (Lipinski definition) is 3. The summed E-state index contributed by atoms with van der Waals surface area (Å²) < 4.78 is 0. The maximum Gasteiger partial charge on any atom is 0.264 e. The number of Topliss-reactive ketones (excluding diaryl/α,β-unsaturated/α-hetero) is 1. The van der Waals surface area contributed by atoms with Crippen molar-refractivity contribution < 1.29 is 4.79 Å². The van der Waals surface area contributed by atoms with Crippen LogP contribution in [0.1, 0.15) is 17.3 Å². The first-order chi connectivity index (χ1) is 11.1. The Labute approximate surface area is 137 Å². The Balaban J connectivity index is 2.33. The molecule has 0 aliphatic heterocycles. The van der Waals surface area contributed by atoms with Gasteiger partial charge in [0.25, 0.3) is 5.56 Å². The summed E-state index contributed by atoms with van der Waals surface area (Å²) in [6.07, 6.45) is 0. The second-order valence-corrected chi connectivity index (χ2v) is 5.54. The molecule has 0 radical (unpaired) electrons. The average Bonchev–Trinajstić information content (AvgIpc) is 2.55. The summed E-state index contributed by atoms with van der Waals surface area (Å²) in [4.78, 5) is 23.7. The van der Waals surface area contributed by atoms with Crippen LogP contribution in [0, 0.1) is 0 Å². The lowest BCUT2D eigenvalue weighted by atomic mass is 9.94. The summed E-state index contributed by atoms with van der Waals surface area (Å²) >= 11 is 6.09. The molecule has 1 heterocycles. The van der Waals surface area contributed by atoms with Crippen LogP contribution >= 0.6 is 11.6 Å². The number of nitrogens with zero attached hydrogens (tertiary/aromatic N) is 1. The van der Waals surface area contributed by atoms with Crippen LogP contribution in [-0.2, 0) is 0 Å². The number of hydrogen-bond donors (Lipinski definition) is 1. The fourth-order valence-electron chi connectivity index (χ4n) is 2.47. The molecule has 1 N–H and O–H groups in total. The van der Waals surface area contributed by atoms with E-state index < -0.39 is 0 Å². The topological polar surface area (TPSA) is 62.8 Å². The van der Waals surface area contributed by atoms with Crippen LogP contribution in [-0.4, -0.2) is 16.0 Å². The Bertz CT molecular complexity index is 933. The molecule has 0 saturated carbocycles. The molecular formula is C18H13ClN2O2. The highest BCUT2D eigenvalue weighted by molar-refractivity contribution is 6.31. The van der Waals surface area contributed by atoms with Crippen molar-refractivity contribution in [3.8, 4) is 22.4 Å². The van der Waals surface area contributed by atoms with Crippen molar-refractivity contribution in [2.75, 3.05) is 0 Å². The number of ketones is 1. The fourth-order valence-corrected chi connectivity index (χ4v) is 2.64. The third-order valence-electron chi connectivity index (χ3n) is 3.51. The fraction of sp³-hybridized carbons (Fsp3) is 0.0556. The molecule has 0 aliphatic carbocycles. The van der Waals surface area contributed by atoms with Gasteiger partial charge in [-0.1, -0.05) is 41.9 Å². The zero-order chi connectivity index (χ0) is 16.4. The zero-order valence-corrected chi connectivity index (χ0v) is 13.1. The lowest BCUT2D eigenvalue weighted by Crippen LogP contribution is -2.09. The highest BCUT2D eigenvalue weighted by atomic mass is 35.5. The van der Waals surface area contributed by atoms with E-state index in [9.17, 15) is 9.59 Å². The zero-order valence-electron chi connectivity index (χ0n) is 12.3. The highest BCUT2D eigenvalue weighted by Crippen LogP contribution is 2.33. The number of H-pyrrole nitrogens is 1. The number of nitrogens with one attached hydrogen (secondary N) is 1. The van der Waals surface area contributed by atoms with Crippen LogP contribution < -0.4 is 5.56 Å². The van der Waals surface area contributed by atoms with Gasteiger partial charge in [-0.25, -0.2) is 5.10 Å². The van der Waals surface area contributed by atoms with Gasteiger partial charge in [-0.05, 0) is 30.7 Å². The maximum absolute atomic E-state index is 11.9. The van der Waals surface area contributed by atoms with E-state index in [0.717, 1.165) is 5.56 Å². The molecule has 0 spiro atoms. The van der Waals surface area contributed by atoms with Gasteiger partial charge in [-0.3, -0.25) is 9.59 Å². The minimum Gasteiger partial charge on any atom is -0.294 e. The molecule has 114 valence electrons. The third-order valence-corrected chi connectivity index (χ3v) is 3.74. The van der Waals surface area contributed by atoms with Gasteiger partial charge in [-0.15, -0.1) is 0 Å². The van der Waals surface area contributed by atoms with Crippen LogP contribution in [0.5, 0.6) is 0 Å². The SMILES string of the molecule is CC(=O)c1ccc(Cl)cc1-c1cc(=O)[nH]nc1-c1ccccc1. The number of carbonyl (C=O) groups is 1. The van der Waals surface area contributed by atoms with E-state index in [-0.39, 0.29) is 11.3 Å². The molecule has 1 aromatic heterocycles. The van der Waals surface area contributed by atoms with Crippen molar-refractivity contribution in [3.05, 3.63) is 75.5 Å². The van der Waals surface area contributed by atoms with Gasteiger partial charge < -0.3 is 0 Å². The van der Waals surface area contributed by atoms with Crippen LogP contribution in [0.4, 0.5) is 0 Å². The maximum atomic E-state index is 11.9. The van der Waals surface area contributed by atoms with Gasteiger partial charge in [-0.2, -0.15) is 5.10 Å². The summed E-state index contributed by atoms with van der Waals surface area (Å²) in [6, 6.07) is 15.9. The minimum absolute atomic E-state index is 0.101. The van der Waals surface area contributed by atoms with Crippen molar-refractivity contribution in [2.24, 2.45) is 0 Å². The summed E-state index contributed by atoms with van der Waals surface area (Å²) in [5.74, 6) is -0.101. The van der Waals surface area contributed by atoms with E-state index >= 15 is 0 Å². The van der Waals surface area contributed by atoms with Crippen molar-refractivity contribution in [3.63, 3.8) is 0 Å². The third kappa shape index (κ3) is 3.07. The molecule has 3 aromatic rings. The Morgan fingerprint density at radius 1 is 1.04 bits per heavy atom. The molecule has 5 heteroatoms. The lowest BCUT2D eigenvalue weighted by molar-refractivity contribution is 0.101. The standard InChI is InChI=1S/C18H13ClN2O2/c1-11(22)14-8-7-13(19)9-15(14)16-10-17(23)20-21-18(16)12-5-3-2-4-6-12/h2-10H,1H3,(H,20,23). The Kier molecular flexibility index (Phi) is 4.08. The van der Waals surface area contributed by atoms with Gasteiger partial charge in [0, 0.05) is 27.8 Å². The normalized spacial score (nSPS) is 10.5. The number of aromatic amines is 1. The number of carbonyl (C=O) groups excluding carboxylic acids is 1. The molecular weight excluding hydrogens is 312 g/mol. The van der Waals surface area contributed by atoms with Gasteiger partial charge in [0.1, 0.15) is 0 Å². The van der Waals surface area contributed by atoms with Gasteiger partial charge in [0.2, 0.25) is 0 Å². The summed E-state index contributed by atoms with van der Waals surface area (Å²) in [5.41, 5.74) is 2.77. The summed E-state index contributed by atoms with van der Waals surface area (Å²) in [5, 5.41) is 7.10. The predicted octanol–water partition coefficient (Wildman–Crippen LogP) is 3.96. The molecule has 0 amide bonds. The number of benzene rings is 2. The van der Waals surface area contributed by atoms with E-state index in [1.807, 2.05) is 30.3 Å². The number of aromatic nitrogens is 2. The van der Waals surface area contributed by atoms with E-state index in [0.29, 0.717) is 27.4 Å². The summed E-state index contributed by atoms with van der Waals surface area (Å²) in [6.45, 7) is 1.48. The largest absolute Gasteiger partial charge is 0.294 e. The molecule has 0 aliphatic rings. The molecule has 0 atom stereocenters. The van der Waals surface area contributed by atoms with Crippen LogP contribution in [0.2, 0.25) is 5.02 Å². The van der Waals surface area contributed by atoms with Crippen LogP contribution in [0.15, 0.2) is 59.4 Å². The molecule has 0 bridgehead atoms. The van der Waals surface area contributed by atoms with E-state index in [2.05, 4.69) is 10.2 Å². The Hall–Kier alpha value is -2.72. The van der Waals surface area contributed by atoms with E-state index in [1.54, 1.807) is 18.2 Å². The quantitative estimate of drug-likeness (QED) is 0.742. The van der Waals surface area contributed by atoms with E-state index in [1.165, 1.54) is 13.0 Å². The summed E-state index contributed by atoms with van der Waals surface area (Å²) in [7, 11) is 0. The Morgan fingerprint density at radius 2 is 1.78 bits per heavy atom. The highest BCUT2D eigenvalue weighted by Gasteiger charge is 2.16. The first kappa shape index (κ1) is 15.2. The second kappa shape index (κ2) is 6.18. The van der Waals surface area contributed by atoms with Crippen LogP contribution in [0.3, 0.4) is 0 Å². The second-order valence-electron chi connectivity index (χ2n) is 5.11. The van der Waals surface area contributed by atoms with E-state index in [4.69, 9.17) is 11.6 Å². The number of rotatable bonds is 3. The Morgan fingerprint density at radius 3 is 2.48 bits per heavy atom. The predicted molar refractivity (Wildman–Crippen MR) is 90.7 cm³/mol. The molecule has 2 aromatic carbocycles. The molecule has 4 nitrogen and oxygen atoms in total. The van der Waals surface area contributed by atoms with Crippen molar-refractivity contribution in [1.29, 1.82) is 0 Å². The average molecular weight is 325 g/mol. The monoisotopic (exact) mass is 324 g/mol. The van der Waals surface area contributed by atoms with Crippen molar-refractivity contribution >= 4 is 17.4 Å². The molecule has 23 heavy (non-hydrogen) atoms. The van der Waals surface area contributed by atoms with Crippen LogP contribution in [0.25, 0.3) is 22.4 Å². The smallest absolute Gasteiger partial charge is 0.264 e. The first-order valence-corrected chi connectivity index (χ1v) is 7.40.